The Balaban J connectivity index is 4.44. The number of nitrogens with one attached hydrogen (secondary N) is 3. The molecule has 0 heterocycles. The Hall–Kier alpha value is -2.52. The molecule has 0 bridgehead atoms. The predicted octanol–water partition coefficient (Wildman–Crippen LogP) is -1.91. The lowest BCUT2D eigenvalue weighted by atomic mass is 9.95. The highest BCUT2D eigenvalue weighted by atomic mass is 32.2. The van der Waals surface area contributed by atoms with Gasteiger partial charge in [0.15, 0.2) is 5.54 Å². The smallest absolute Gasteiger partial charge is 0.329 e. The van der Waals surface area contributed by atoms with Gasteiger partial charge in [0.25, 0.3) is 6.43 Å². The molecule has 32 heavy (non-hydrogen) atoms. The highest BCUT2D eigenvalue weighted by molar-refractivity contribution is 7.98. The summed E-state index contributed by atoms with van der Waals surface area (Å²) >= 11 is 1.25. The van der Waals surface area contributed by atoms with E-state index in [1.54, 1.807) is 6.26 Å². The Labute approximate surface area is 187 Å². The molecule has 0 aliphatic heterocycles. The quantitative estimate of drug-likeness (QED) is 0.120. The molecule has 12 nitrogen and oxygen atoms in total. The summed E-state index contributed by atoms with van der Waals surface area (Å²) in [7, 11) is 0. The molecule has 0 saturated heterocycles. The number of thioether (sulfide) groups is 1. The Morgan fingerprint density at radius 1 is 1.09 bits per heavy atom. The topological polar surface area (TPSA) is 214 Å². The van der Waals surface area contributed by atoms with E-state index in [0.717, 1.165) is 0 Å². The van der Waals surface area contributed by atoms with Crippen LogP contribution in [0.3, 0.4) is 0 Å². The van der Waals surface area contributed by atoms with Gasteiger partial charge in [0, 0.05) is 18.7 Å². The number of carbonyl (C=O) groups is 5. The fourth-order valence-corrected chi connectivity index (χ4v) is 2.87. The summed E-state index contributed by atoms with van der Waals surface area (Å²) in [5.74, 6) is -4.81. The first-order chi connectivity index (χ1) is 14.8. The standard InChI is InChI=1S/C17H29F2N5O7S/c1-32-8-10(24-11(25)4-3-9(20)14(28)29)13(27)23-7-12(26)22-6-2-5-17(21,15(18)19)16(30)31/h9-10,15H,2-8,20-21H2,1H3,(H,22,26)(H,23,27)(H,24,25)(H,28,29)(H,30,31). The van der Waals surface area contributed by atoms with Gasteiger partial charge in [-0.25, -0.2) is 13.6 Å². The molecule has 0 radical (unpaired) electrons. The van der Waals surface area contributed by atoms with Crippen LogP contribution in [0.2, 0.25) is 0 Å². The minimum absolute atomic E-state index is 0.116. The maximum absolute atomic E-state index is 12.8. The molecule has 3 amide bonds. The Morgan fingerprint density at radius 2 is 1.72 bits per heavy atom. The van der Waals surface area contributed by atoms with Crippen LogP contribution in [0.5, 0.6) is 0 Å². The highest BCUT2D eigenvalue weighted by Crippen LogP contribution is 2.19. The van der Waals surface area contributed by atoms with Crippen molar-refractivity contribution >= 4 is 41.4 Å². The number of carboxylic acid groups (broad SMARTS) is 2. The summed E-state index contributed by atoms with van der Waals surface area (Å²) in [5.41, 5.74) is 7.77. The van der Waals surface area contributed by atoms with E-state index < -0.39 is 66.7 Å². The van der Waals surface area contributed by atoms with E-state index in [2.05, 4.69) is 16.0 Å². The van der Waals surface area contributed by atoms with Gasteiger partial charge in [0.05, 0.1) is 6.54 Å². The van der Waals surface area contributed by atoms with Crippen molar-refractivity contribution in [3.05, 3.63) is 0 Å². The van der Waals surface area contributed by atoms with Crippen molar-refractivity contribution in [2.75, 3.05) is 25.1 Å². The molecule has 0 aromatic carbocycles. The van der Waals surface area contributed by atoms with Crippen molar-refractivity contribution in [2.24, 2.45) is 11.5 Å². The van der Waals surface area contributed by atoms with Gasteiger partial charge in [-0.05, 0) is 25.5 Å². The number of amides is 3. The third-order valence-electron chi connectivity index (χ3n) is 4.28. The third kappa shape index (κ3) is 10.7. The molecular formula is C17H29F2N5O7S. The zero-order valence-electron chi connectivity index (χ0n) is 17.4. The largest absolute Gasteiger partial charge is 0.480 e. The van der Waals surface area contributed by atoms with E-state index in [4.69, 9.17) is 21.7 Å². The minimum Gasteiger partial charge on any atom is -0.480 e. The molecule has 0 aliphatic carbocycles. The molecule has 0 fully saturated rings. The van der Waals surface area contributed by atoms with Gasteiger partial charge in [0.2, 0.25) is 17.7 Å². The Morgan fingerprint density at radius 3 is 2.22 bits per heavy atom. The second-order valence-corrected chi connectivity index (χ2v) is 7.79. The van der Waals surface area contributed by atoms with E-state index in [1.807, 2.05) is 0 Å². The lowest BCUT2D eigenvalue weighted by molar-refractivity contribution is -0.150. The number of alkyl halides is 2. The summed E-state index contributed by atoms with van der Waals surface area (Å²) in [4.78, 5) is 57.5. The monoisotopic (exact) mass is 485 g/mol. The highest BCUT2D eigenvalue weighted by Gasteiger charge is 2.43. The van der Waals surface area contributed by atoms with E-state index >= 15 is 0 Å². The molecule has 0 spiro atoms. The second kappa shape index (κ2) is 14.5. The lowest BCUT2D eigenvalue weighted by Crippen LogP contribution is -2.54. The van der Waals surface area contributed by atoms with Gasteiger partial charge < -0.3 is 37.6 Å². The normalized spacial score (nSPS) is 14.7. The van der Waals surface area contributed by atoms with Crippen molar-refractivity contribution < 1.29 is 43.0 Å². The van der Waals surface area contributed by atoms with Crippen LogP contribution in [0.15, 0.2) is 0 Å². The second-order valence-electron chi connectivity index (χ2n) is 6.88. The summed E-state index contributed by atoms with van der Waals surface area (Å²) in [6.07, 6.45) is -2.61. The van der Waals surface area contributed by atoms with Crippen LogP contribution in [-0.4, -0.2) is 89.0 Å². The minimum atomic E-state index is -3.28. The zero-order valence-corrected chi connectivity index (χ0v) is 18.3. The molecule has 3 unspecified atom stereocenters. The molecule has 9 N–H and O–H groups in total. The van der Waals surface area contributed by atoms with E-state index in [1.165, 1.54) is 11.8 Å². The van der Waals surface area contributed by atoms with E-state index in [9.17, 15) is 32.8 Å². The van der Waals surface area contributed by atoms with Gasteiger partial charge in [0.1, 0.15) is 12.1 Å². The SMILES string of the molecule is CSCC(NC(=O)CCC(N)C(=O)O)C(=O)NCC(=O)NCCCC(N)(C(=O)O)C(F)F. The average Bonchev–Trinajstić information content (AvgIpc) is 2.72. The van der Waals surface area contributed by atoms with Crippen LogP contribution in [-0.2, 0) is 24.0 Å². The molecule has 0 aromatic heterocycles. The van der Waals surface area contributed by atoms with E-state index in [0.29, 0.717) is 0 Å². The number of hydrogen-bond acceptors (Lipinski definition) is 8. The number of hydrogen-bond donors (Lipinski definition) is 7. The number of halogens is 2. The number of nitrogens with two attached hydrogens (primary N) is 2. The van der Waals surface area contributed by atoms with Crippen LogP contribution in [0.4, 0.5) is 8.78 Å². The van der Waals surface area contributed by atoms with Gasteiger partial charge in [-0.2, -0.15) is 11.8 Å². The van der Waals surface area contributed by atoms with Crippen molar-refractivity contribution in [1.82, 2.24) is 16.0 Å². The molecule has 0 rings (SSSR count). The first kappa shape index (κ1) is 29.5. The van der Waals surface area contributed by atoms with Gasteiger partial charge in [-0.15, -0.1) is 0 Å². The van der Waals surface area contributed by atoms with Crippen LogP contribution in [0.25, 0.3) is 0 Å². The van der Waals surface area contributed by atoms with Crippen LogP contribution < -0.4 is 27.4 Å². The van der Waals surface area contributed by atoms with Gasteiger partial charge in [-0.3, -0.25) is 19.2 Å². The fourth-order valence-electron chi connectivity index (χ4n) is 2.30. The summed E-state index contributed by atoms with van der Waals surface area (Å²) < 4.78 is 25.6. The number of carboxylic acids is 2. The molecule has 184 valence electrons. The third-order valence-corrected chi connectivity index (χ3v) is 4.95. The molecule has 3 atom stereocenters. The number of aliphatic carboxylic acids is 2. The van der Waals surface area contributed by atoms with Crippen molar-refractivity contribution in [2.45, 2.75) is 49.7 Å². The Bertz CT molecular complexity index is 686. The summed E-state index contributed by atoms with van der Waals surface area (Å²) in [5, 5.41) is 24.6. The molecule has 0 saturated carbocycles. The zero-order chi connectivity index (χ0) is 24.9. The lowest BCUT2D eigenvalue weighted by Gasteiger charge is -2.23. The molecular weight excluding hydrogens is 456 g/mol. The number of carbonyl (C=O) groups excluding carboxylic acids is 3. The van der Waals surface area contributed by atoms with Gasteiger partial charge >= 0.3 is 11.9 Å². The number of rotatable bonds is 16. The predicted molar refractivity (Wildman–Crippen MR) is 111 cm³/mol. The maximum Gasteiger partial charge on any atom is 0.329 e. The molecule has 15 heteroatoms. The first-order valence-electron chi connectivity index (χ1n) is 9.46. The Kier molecular flexibility index (Phi) is 13.4. The van der Waals surface area contributed by atoms with Crippen molar-refractivity contribution in [3.8, 4) is 0 Å². The van der Waals surface area contributed by atoms with Crippen LogP contribution >= 0.6 is 11.8 Å². The molecule has 0 aliphatic rings. The first-order valence-corrected chi connectivity index (χ1v) is 10.9. The van der Waals surface area contributed by atoms with Gasteiger partial charge in [-0.1, -0.05) is 0 Å². The molecule has 0 aromatic rings. The van der Waals surface area contributed by atoms with Crippen LogP contribution in [0.1, 0.15) is 25.7 Å². The van der Waals surface area contributed by atoms with Crippen molar-refractivity contribution in [1.29, 1.82) is 0 Å². The van der Waals surface area contributed by atoms with Crippen LogP contribution in [0, 0.1) is 0 Å². The maximum atomic E-state index is 12.8. The van der Waals surface area contributed by atoms with E-state index in [-0.39, 0.29) is 31.6 Å². The summed E-state index contributed by atoms with van der Waals surface area (Å²) in [6, 6.07) is -2.19. The van der Waals surface area contributed by atoms with Crippen molar-refractivity contribution in [3.63, 3.8) is 0 Å². The fraction of sp³-hybridized carbons (Fsp3) is 0.706. The average molecular weight is 486 g/mol. The summed E-state index contributed by atoms with van der Waals surface area (Å²) in [6.45, 7) is -0.604.